The quantitative estimate of drug-likeness (QED) is 0.679. The minimum absolute atomic E-state index is 0.121. The number of amides is 2. The van der Waals surface area contributed by atoms with Gasteiger partial charge in [0.1, 0.15) is 17.9 Å². The Balaban J connectivity index is 1.86. The molecule has 0 atom stereocenters. The molecule has 0 saturated carbocycles. The molecule has 0 aliphatic heterocycles. The molecule has 0 fully saturated rings. The maximum Gasteiger partial charge on any atom is 0.291 e. The van der Waals surface area contributed by atoms with E-state index in [1.165, 1.54) is 20.3 Å². The molecule has 8 heteroatoms. The lowest BCUT2D eigenvalue weighted by Gasteiger charge is -2.12. The second kappa shape index (κ2) is 8.36. The monoisotopic (exact) mass is 382 g/mol. The number of methoxy groups -OCH3 is 2. The molecule has 0 unspecified atom stereocenters. The van der Waals surface area contributed by atoms with Crippen LogP contribution >= 0.6 is 0 Å². The first-order valence-corrected chi connectivity index (χ1v) is 8.33. The molecule has 1 aromatic heterocycles. The Morgan fingerprint density at radius 3 is 2.57 bits per heavy atom. The van der Waals surface area contributed by atoms with Crippen molar-refractivity contribution in [3.8, 4) is 5.75 Å². The summed E-state index contributed by atoms with van der Waals surface area (Å²) in [6.45, 7) is -0.123. The van der Waals surface area contributed by atoms with Gasteiger partial charge >= 0.3 is 0 Å². The van der Waals surface area contributed by atoms with Crippen molar-refractivity contribution in [3.63, 3.8) is 0 Å². The normalized spacial score (nSPS) is 10.5. The van der Waals surface area contributed by atoms with Gasteiger partial charge in [0.25, 0.3) is 5.91 Å². The first-order chi connectivity index (χ1) is 13.5. The third-order valence-electron chi connectivity index (χ3n) is 3.87. The summed E-state index contributed by atoms with van der Waals surface area (Å²) in [6.07, 6.45) is 0. The molecule has 28 heavy (non-hydrogen) atoms. The number of para-hydroxylation sites is 1. The van der Waals surface area contributed by atoms with E-state index in [1.807, 2.05) is 0 Å². The molecule has 0 radical (unpaired) electrons. The van der Waals surface area contributed by atoms with Gasteiger partial charge in [-0.3, -0.25) is 14.4 Å². The van der Waals surface area contributed by atoms with Crippen LogP contribution in [0.3, 0.4) is 0 Å². The zero-order chi connectivity index (χ0) is 20.1. The van der Waals surface area contributed by atoms with Gasteiger partial charge in [0.2, 0.25) is 5.91 Å². The topological polar surface area (TPSA) is 107 Å². The summed E-state index contributed by atoms with van der Waals surface area (Å²) in [5.74, 6) is -0.670. The van der Waals surface area contributed by atoms with Crippen molar-refractivity contribution in [3.05, 3.63) is 64.5 Å². The van der Waals surface area contributed by atoms with E-state index in [-0.39, 0.29) is 23.7 Å². The summed E-state index contributed by atoms with van der Waals surface area (Å²) in [5.41, 5.74) is 0.758. The lowest BCUT2D eigenvalue weighted by molar-refractivity contribution is -0.119. The summed E-state index contributed by atoms with van der Waals surface area (Å²) >= 11 is 0. The number of anilines is 2. The summed E-state index contributed by atoms with van der Waals surface area (Å²) in [6, 6.07) is 12.5. The van der Waals surface area contributed by atoms with Gasteiger partial charge in [-0.1, -0.05) is 12.1 Å². The lowest BCUT2D eigenvalue weighted by Crippen LogP contribution is -2.18. The molecule has 2 aromatic carbocycles. The van der Waals surface area contributed by atoms with Gasteiger partial charge < -0.3 is 24.5 Å². The van der Waals surface area contributed by atoms with Crippen molar-refractivity contribution in [2.45, 2.75) is 0 Å². The molecule has 144 valence electrons. The molecule has 0 saturated heterocycles. The third-order valence-corrected chi connectivity index (χ3v) is 3.87. The fourth-order valence-electron chi connectivity index (χ4n) is 2.61. The largest absolute Gasteiger partial charge is 0.495 e. The van der Waals surface area contributed by atoms with Crippen LogP contribution in [0.4, 0.5) is 11.4 Å². The van der Waals surface area contributed by atoms with Gasteiger partial charge in [-0.2, -0.15) is 0 Å². The first kappa shape index (κ1) is 19.1. The van der Waals surface area contributed by atoms with Crippen LogP contribution in [0.1, 0.15) is 10.6 Å². The van der Waals surface area contributed by atoms with E-state index < -0.39 is 5.91 Å². The Morgan fingerprint density at radius 1 is 1.04 bits per heavy atom. The summed E-state index contributed by atoms with van der Waals surface area (Å²) < 4.78 is 15.5. The van der Waals surface area contributed by atoms with Crippen molar-refractivity contribution >= 4 is 34.2 Å². The number of carbonyl (C=O) groups excluding carboxylic acids is 2. The Hall–Kier alpha value is -3.65. The fourth-order valence-corrected chi connectivity index (χ4v) is 2.61. The number of hydrogen-bond donors (Lipinski definition) is 2. The number of rotatable bonds is 6. The number of benzene rings is 2. The zero-order valence-electron chi connectivity index (χ0n) is 15.3. The van der Waals surface area contributed by atoms with Crippen molar-refractivity contribution in [1.82, 2.24) is 0 Å². The molecule has 2 amide bonds. The summed E-state index contributed by atoms with van der Waals surface area (Å²) in [7, 11) is 2.87. The second-order valence-corrected chi connectivity index (χ2v) is 5.82. The number of carbonyl (C=O) groups is 2. The second-order valence-electron chi connectivity index (χ2n) is 5.82. The average Bonchev–Trinajstić information content (AvgIpc) is 2.68. The predicted molar refractivity (Wildman–Crippen MR) is 104 cm³/mol. The van der Waals surface area contributed by atoms with E-state index in [0.29, 0.717) is 28.1 Å². The SMILES string of the molecule is COCC(=O)Nc1cc(NC(=O)c2cc(=O)c3ccccc3o2)ccc1OC. The van der Waals surface area contributed by atoms with Gasteiger partial charge in [0.15, 0.2) is 11.2 Å². The molecular weight excluding hydrogens is 364 g/mol. The van der Waals surface area contributed by atoms with Gasteiger partial charge in [-0.05, 0) is 30.3 Å². The highest BCUT2D eigenvalue weighted by Crippen LogP contribution is 2.28. The minimum atomic E-state index is -0.595. The van der Waals surface area contributed by atoms with E-state index >= 15 is 0 Å². The highest BCUT2D eigenvalue weighted by atomic mass is 16.5. The van der Waals surface area contributed by atoms with E-state index in [2.05, 4.69) is 10.6 Å². The molecule has 0 aliphatic carbocycles. The van der Waals surface area contributed by atoms with E-state index in [9.17, 15) is 14.4 Å². The summed E-state index contributed by atoms with van der Waals surface area (Å²) in [5, 5.41) is 5.67. The standard InChI is InChI=1S/C20H18N2O6/c1-26-11-19(24)22-14-9-12(7-8-17(14)27-2)21-20(25)18-10-15(23)13-5-3-4-6-16(13)28-18/h3-10H,11H2,1-2H3,(H,21,25)(H,22,24). The van der Waals surface area contributed by atoms with Crippen molar-refractivity contribution in [2.75, 3.05) is 31.5 Å². The summed E-state index contributed by atoms with van der Waals surface area (Å²) in [4.78, 5) is 36.4. The van der Waals surface area contributed by atoms with Crippen LogP contribution in [0.5, 0.6) is 5.75 Å². The smallest absolute Gasteiger partial charge is 0.291 e. The van der Waals surface area contributed by atoms with Crippen LogP contribution in [0.2, 0.25) is 0 Å². The molecule has 0 aliphatic rings. The number of hydrogen-bond acceptors (Lipinski definition) is 6. The highest BCUT2D eigenvalue weighted by Gasteiger charge is 2.14. The fraction of sp³-hybridized carbons (Fsp3) is 0.150. The molecule has 3 aromatic rings. The van der Waals surface area contributed by atoms with Gasteiger partial charge in [-0.25, -0.2) is 0 Å². The molecule has 8 nitrogen and oxygen atoms in total. The number of fused-ring (bicyclic) bond motifs is 1. The Labute approximate surface area is 160 Å². The van der Waals surface area contributed by atoms with Gasteiger partial charge in [0, 0.05) is 18.9 Å². The molecule has 1 heterocycles. The maximum absolute atomic E-state index is 12.5. The predicted octanol–water partition coefficient (Wildman–Crippen LogP) is 2.64. The number of ether oxygens (including phenoxy) is 2. The molecule has 0 bridgehead atoms. The first-order valence-electron chi connectivity index (χ1n) is 8.33. The van der Waals surface area contributed by atoms with Crippen LogP contribution in [-0.4, -0.2) is 32.6 Å². The van der Waals surface area contributed by atoms with Crippen LogP contribution in [-0.2, 0) is 9.53 Å². The Morgan fingerprint density at radius 2 is 1.82 bits per heavy atom. The maximum atomic E-state index is 12.5. The van der Waals surface area contributed by atoms with Crippen molar-refractivity contribution < 1.29 is 23.5 Å². The van der Waals surface area contributed by atoms with Crippen LogP contribution in [0, 0.1) is 0 Å². The van der Waals surface area contributed by atoms with Gasteiger partial charge in [-0.15, -0.1) is 0 Å². The van der Waals surface area contributed by atoms with Crippen molar-refractivity contribution in [1.29, 1.82) is 0 Å². The van der Waals surface area contributed by atoms with Crippen LogP contribution < -0.4 is 20.8 Å². The molecular formula is C20H18N2O6. The molecule has 0 spiro atoms. The van der Waals surface area contributed by atoms with E-state index in [1.54, 1.807) is 36.4 Å². The number of nitrogens with one attached hydrogen (secondary N) is 2. The third kappa shape index (κ3) is 4.18. The highest BCUT2D eigenvalue weighted by molar-refractivity contribution is 6.03. The molecule has 3 rings (SSSR count). The minimum Gasteiger partial charge on any atom is -0.495 e. The van der Waals surface area contributed by atoms with Gasteiger partial charge in [0.05, 0.1) is 18.2 Å². The Bertz CT molecular complexity index is 1090. The lowest BCUT2D eigenvalue weighted by atomic mass is 10.2. The van der Waals surface area contributed by atoms with E-state index in [0.717, 1.165) is 6.07 Å². The average molecular weight is 382 g/mol. The van der Waals surface area contributed by atoms with Crippen molar-refractivity contribution in [2.24, 2.45) is 0 Å². The van der Waals surface area contributed by atoms with E-state index in [4.69, 9.17) is 13.9 Å². The van der Waals surface area contributed by atoms with Crippen LogP contribution in [0.15, 0.2) is 57.7 Å². The molecule has 2 N–H and O–H groups in total. The van der Waals surface area contributed by atoms with Crippen LogP contribution in [0.25, 0.3) is 11.0 Å². The Kier molecular flexibility index (Phi) is 5.71. The zero-order valence-corrected chi connectivity index (χ0v) is 15.3.